The Balaban J connectivity index is 2.90. The fraction of sp³-hybridized carbons (Fsp3) is 0.917. The summed E-state index contributed by atoms with van der Waals surface area (Å²) in [6, 6.07) is 0. The Bertz CT molecular complexity index is 163. The van der Waals surface area contributed by atoms with Gasteiger partial charge in [0.25, 0.3) is 0 Å². The molecule has 0 aromatic heterocycles. The van der Waals surface area contributed by atoms with E-state index >= 15 is 0 Å². The van der Waals surface area contributed by atoms with Gasteiger partial charge in [0.1, 0.15) is 0 Å². The lowest BCUT2D eigenvalue weighted by molar-refractivity contribution is -0.137. The summed E-state index contributed by atoms with van der Waals surface area (Å²) in [5.74, 6) is 4.33. The van der Waals surface area contributed by atoms with Crippen molar-refractivity contribution in [2.45, 2.75) is 45.4 Å². The number of unbranched alkanes of at least 4 members (excludes halogenated alkanes) is 3. The summed E-state index contributed by atoms with van der Waals surface area (Å²) >= 11 is 4.05. The first-order chi connectivity index (χ1) is 7.77. The van der Waals surface area contributed by atoms with Gasteiger partial charge >= 0.3 is 5.97 Å². The second-order valence-electron chi connectivity index (χ2n) is 3.78. The van der Waals surface area contributed by atoms with Crippen LogP contribution >= 0.6 is 23.5 Å². The number of carbonyl (C=O) groups is 1. The summed E-state index contributed by atoms with van der Waals surface area (Å²) in [5, 5.41) is 8.45. The fourth-order valence-electron chi connectivity index (χ4n) is 1.23. The molecule has 96 valence electrons. The minimum Gasteiger partial charge on any atom is -0.481 e. The molecule has 0 aliphatic rings. The maximum absolute atomic E-state index is 10.3. The fourth-order valence-corrected chi connectivity index (χ4v) is 3.48. The van der Waals surface area contributed by atoms with E-state index in [0.29, 0.717) is 6.42 Å². The van der Waals surface area contributed by atoms with Crippen LogP contribution in [0.5, 0.6) is 0 Å². The summed E-state index contributed by atoms with van der Waals surface area (Å²) in [7, 11) is 0. The van der Waals surface area contributed by atoms with Gasteiger partial charge in [-0.05, 0) is 30.8 Å². The molecule has 0 unspecified atom stereocenters. The van der Waals surface area contributed by atoms with Crippen molar-refractivity contribution in [1.29, 1.82) is 0 Å². The molecule has 0 fully saturated rings. The van der Waals surface area contributed by atoms with Crippen LogP contribution in [0.3, 0.4) is 0 Å². The lowest BCUT2D eigenvalue weighted by Gasteiger charge is -2.01. The molecule has 0 amide bonds. The molecule has 2 nitrogen and oxygen atoms in total. The first-order valence-corrected chi connectivity index (χ1v) is 8.45. The summed E-state index contributed by atoms with van der Waals surface area (Å²) in [5.41, 5.74) is 0. The normalized spacial score (nSPS) is 10.6. The van der Waals surface area contributed by atoms with Crippen LogP contribution in [-0.2, 0) is 4.79 Å². The number of carboxylic acid groups (broad SMARTS) is 1. The van der Waals surface area contributed by atoms with E-state index in [0.717, 1.165) is 19.3 Å². The molecule has 0 atom stereocenters. The number of carboxylic acids is 1. The molecule has 0 heterocycles. The van der Waals surface area contributed by atoms with Crippen LogP contribution in [0.2, 0.25) is 0 Å². The Morgan fingerprint density at radius 2 is 1.56 bits per heavy atom. The van der Waals surface area contributed by atoms with Gasteiger partial charge in [-0.2, -0.15) is 23.5 Å². The Morgan fingerprint density at radius 3 is 2.12 bits per heavy atom. The molecular formula is C12H24O2S2. The third-order valence-electron chi connectivity index (χ3n) is 2.19. The highest BCUT2D eigenvalue weighted by Crippen LogP contribution is 2.11. The highest BCUT2D eigenvalue weighted by molar-refractivity contribution is 8.02. The van der Waals surface area contributed by atoms with Crippen molar-refractivity contribution >= 4 is 29.5 Å². The molecule has 4 heteroatoms. The molecular weight excluding hydrogens is 240 g/mol. The maximum Gasteiger partial charge on any atom is 0.303 e. The number of hydrogen-bond donors (Lipinski definition) is 1. The molecule has 1 N–H and O–H groups in total. The van der Waals surface area contributed by atoms with E-state index in [1.54, 1.807) is 0 Å². The molecule has 0 rings (SSSR count). The summed E-state index contributed by atoms with van der Waals surface area (Å²) in [6.45, 7) is 2.23. The minimum absolute atomic E-state index is 0.331. The second-order valence-corrected chi connectivity index (χ2v) is 6.23. The smallest absolute Gasteiger partial charge is 0.303 e. The van der Waals surface area contributed by atoms with Gasteiger partial charge in [-0.1, -0.05) is 19.8 Å². The number of thioether (sulfide) groups is 2. The molecule has 0 saturated carbocycles. The monoisotopic (exact) mass is 264 g/mol. The second kappa shape index (κ2) is 13.2. The average Bonchev–Trinajstić information content (AvgIpc) is 2.25. The van der Waals surface area contributed by atoms with Gasteiger partial charge in [-0.25, -0.2) is 0 Å². The van der Waals surface area contributed by atoms with Crippen LogP contribution in [0.4, 0.5) is 0 Å². The van der Waals surface area contributed by atoms with Gasteiger partial charge in [0.05, 0.1) is 0 Å². The largest absolute Gasteiger partial charge is 0.481 e. The van der Waals surface area contributed by atoms with Gasteiger partial charge in [0.15, 0.2) is 0 Å². The van der Waals surface area contributed by atoms with E-state index < -0.39 is 5.97 Å². The van der Waals surface area contributed by atoms with Gasteiger partial charge in [-0.15, -0.1) is 0 Å². The van der Waals surface area contributed by atoms with Crippen LogP contribution in [0.15, 0.2) is 0 Å². The Labute approximate surface area is 108 Å². The first kappa shape index (κ1) is 16.2. The molecule has 0 aliphatic carbocycles. The standard InChI is InChI=1S/C12H24O2S2/c1-2-3-8-15-10-11-16-9-6-4-5-7-12(13)14/h2-11H2,1H3,(H,13,14). The molecule has 0 aromatic carbocycles. The minimum atomic E-state index is -0.667. The lowest BCUT2D eigenvalue weighted by Crippen LogP contribution is -1.94. The van der Waals surface area contributed by atoms with E-state index in [4.69, 9.17) is 5.11 Å². The van der Waals surface area contributed by atoms with E-state index in [-0.39, 0.29) is 0 Å². The van der Waals surface area contributed by atoms with E-state index in [2.05, 4.69) is 18.7 Å². The summed E-state index contributed by atoms with van der Waals surface area (Å²) in [4.78, 5) is 10.3. The topological polar surface area (TPSA) is 37.3 Å². The number of aliphatic carboxylic acids is 1. The number of hydrogen-bond acceptors (Lipinski definition) is 3. The van der Waals surface area contributed by atoms with Gasteiger partial charge in [0, 0.05) is 17.9 Å². The quantitative estimate of drug-likeness (QED) is 0.542. The molecule has 0 aliphatic heterocycles. The van der Waals surface area contributed by atoms with E-state index in [9.17, 15) is 4.79 Å². The van der Waals surface area contributed by atoms with Gasteiger partial charge < -0.3 is 5.11 Å². The zero-order valence-electron chi connectivity index (χ0n) is 10.2. The average molecular weight is 264 g/mol. The predicted molar refractivity (Wildman–Crippen MR) is 75.7 cm³/mol. The van der Waals surface area contributed by atoms with Crippen molar-refractivity contribution in [3.05, 3.63) is 0 Å². The Morgan fingerprint density at radius 1 is 0.938 bits per heavy atom. The Hall–Kier alpha value is 0.170. The third kappa shape index (κ3) is 14.2. The highest BCUT2D eigenvalue weighted by Gasteiger charge is 1.96. The third-order valence-corrected chi connectivity index (χ3v) is 4.59. The Kier molecular flexibility index (Phi) is 13.4. The van der Waals surface area contributed by atoms with Crippen LogP contribution < -0.4 is 0 Å². The zero-order valence-corrected chi connectivity index (χ0v) is 11.9. The number of rotatable bonds is 12. The lowest BCUT2D eigenvalue weighted by atomic mass is 10.2. The molecule has 0 radical (unpaired) electrons. The predicted octanol–water partition coefficient (Wildman–Crippen LogP) is 3.90. The van der Waals surface area contributed by atoms with Crippen molar-refractivity contribution in [2.75, 3.05) is 23.0 Å². The van der Waals surface area contributed by atoms with Crippen LogP contribution in [0.25, 0.3) is 0 Å². The summed E-state index contributed by atoms with van der Waals surface area (Å²) in [6.07, 6.45) is 6.02. The van der Waals surface area contributed by atoms with E-state index in [1.165, 1.54) is 35.9 Å². The molecule has 16 heavy (non-hydrogen) atoms. The van der Waals surface area contributed by atoms with Crippen molar-refractivity contribution in [1.82, 2.24) is 0 Å². The molecule has 0 spiro atoms. The zero-order chi connectivity index (χ0) is 12.1. The van der Waals surface area contributed by atoms with Crippen LogP contribution in [0.1, 0.15) is 45.4 Å². The van der Waals surface area contributed by atoms with Gasteiger partial charge in [-0.3, -0.25) is 4.79 Å². The van der Waals surface area contributed by atoms with Crippen molar-refractivity contribution in [3.8, 4) is 0 Å². The molecule has 0 bridgehead atoms. The van der Waals surface area contributed by atoms with Crippen LogP contribution in [0, 0.1) is 0 Å². The highest BCUT2D eigenvalue weighted by atomic mass is 32.2. The maximum atomic E-state index is 10.3. The van der Waals surface area contributed by atoms with Crippen molar-refractivity contribution < 1.29 is 9.90 Å². The van der Waals surface area contributed by atoms with Crippen LogP contribution in [-0.4, -0.2) is 34.1 Å². The SMILES string of the molecule is CCCCSCCSCCCCCC(=O)O. The van der Waals surface area contributed by atoms with Gasteiger partial charge in [0.2, 0.25) is 0 Å². The molecule has 0 saturated heterocycles. The van der Waals surface area contributed by atoms with E-state index in [1.807, 2.05) is 11.8 Å². The van der Waals surface area contributed by atoms with Crippen molar-refractivity contribution in [3.63, 3.8) is 0 Å². The first-order valence-electron chi connectivity index (χ1n) is 6.14. The molecule has 0 aromatic rings. The van der Waals surface area contributed by atoms with Crippen molar-refractivity contribution in [2.24, 2.45) is 0 Å². The summed E-state index contributed by atoms with van der Waals surface area (Å²) < 4.78 is 0.